The first kappa shape index (κ1) is 21.5. The number of amides is 2. The van der Waals surface area contributed by atoms with Gasteiger partial charge in [-0.1, -0.05) is 26.0 Å². The molecule has 2 aromatic rings. The molecule has 2 rings (SSSR count). The van der Waals surface area contributed by atoms with E-state index in [4.69, 9.17) is 12.2 Å². The number of sulfonamides is 1. The van der Waals surface area contributed by atoms with Crippen LogP contribution in [0, 0.1) is 0 Å². The maximum atomic E-state index is 12.3. The third kappa shape index (κ3) is 5.86. The molecule has 0 unspecified atom stereocenters. The molecule has 2 aromatic carbocycles. The summed E-state index contributed by atoms with van der Waals surface area (Å²) in [6.45, 7) is 5.26. The molecule has 0 atom stereocenters. The molecule has 0 aromatic heterocycles. The molecule has 0 saturated heterocycles. The summed E-state index contributed by atoms with van der Waals surface area (Å²) in [7, 11) is -3.90. The van der Waals surface area contributed by atoms with Crippen LogP contribution in [-0.2, 0) is 14.8 Å². The molecule has 9 heteroatoms. The van der Waals surface area contributed by atoms with Gasteiger partial charge in [-0.3, -0.25) is 14.9 Å². The summed E-state index contributed by atoms with van der Waals surface area (Å²) >= 11 is 5.12. The van der Waals surface area contributed by atoms with Gasteiger partial charge in [0.25, 0.3) is 15.9 Å². The first-order valence-electron chi connectivity index (χ1n) is 8.44. The molecule has 7 nitrogen and oxygen atoms in total. The van der Waals surface area contributed by atoms with Crippen molar-refractivity contribution in [2.24, 2.45) is 0 Å². The summed E-state index contributed by atoms with van der Waals surface area (Å²) in [4.78, 5) is 23.2. The third-order valence-corrected chi connectivity index (χ3v) is 5.42. The van der Waals surface area contributed by atoms with Crippen LogP contribution in [0.25, 0.3) is 0 Å². The zero-order valence-electron chi connectivity index (χ0n) is 15.6. The lowest BCUT2D eigenvalue weighted by Gasteiger charge is -2.11. The molecule has 3 N–H and O–H groups in total. The minimum absolute atomic E-state index is 0.0616. The lowest BCUT2D eigenvalue weighted by atomic mass is 10.0. The number of hydrogen-bond donors (Lipinski definition) is 3. The van der Waals surface area contributed by atoms with Crippen LogP contribution in [0.15, 0.2) is 53.4 Å². The summed E-state index contributed by atoms with van der Waals surface area (Å²) in [6, 6.07) is 12.8. The van der Waals surface area contributed by atoms with E-state index in [0.717, 1.165) is 12.5 Å². The van der Waals surface area contributed by atoms with Crippen molar-refractivity contribution in [3.8, 4) is 0 Å². The Bertz CT molecular complexity index is 983. The molecule has 148 valence electrons. The Kier molecular flexibility index (Phi) is 6.87. The minimum atomic E-state index is -3.90. The molecule has 0 aliphatic rings. The molecule has 0 bridgehead atoms. The summed E-state index contributed by atoms with van der Waals surface area (Å²) in [6.07, 6.45) is 0. The van der Waals surface area contributed by atoms with Crippen molar-refractivity contribution in [2.45, 2.75) is 31.6 Å². The van der Waals surface area contributed by atoms with Crippen molar-refractivity contribution in [1.82, 2.24) is 10.0 Å². The van der Waals surface area contributed by atoms with E-state index in [1.165, 1.54) is 24.3 Å². The molecule has 0 saturated carbocycles. The van der Waals surface area contributed by atoms with Gasteiger partial charge in [0.05, 0.1) is 4.90 Å². The predicted molar refractivity (Wildman–Crippen MR) is 112 cm³/mol. The third-order valence-electron chi connectivity index (χ3n) is 3.77. The van der Waals surface area contributed by atoms with Gasteiger partial charge in [0, 0.05) is 18.2 Å². The summed E-state index contributed by atoms with van der Waals surface area (Å²) in [5.41, 5.74) is 2.10. The van der Waals surface area contributed by atoms with Gasteiger partial charge in [-0.05, 0) is 60.1 Å². The number of nitrogens with one attached hydrogen (secondary N) is 3. The first-order chi connectivity index (χ1) is 13.1. The fourth-order valence-corrected chi connectivity index (χ4v) is 3.52. The van der Waals surface area contributed by atoms with Crippen molar-refractivity contribution in [3.05, 3.63) is 59.7 Å². The SMILES string of the molecule is CC(=O)NS(=O)(=O)c1ccc(NC(=S)NC(=O)c2ccc(C(C)C)cc2)cc1. The average Bonchev–Trinajstić information content (AvgIpc) is 2.61. The van der Waals surface area contributed by atoms with Crippen LogP contribution < -0.4 is 15.4 Å². The van der Waals surface area contributed by atoms with Gasteiger partial charge in [0.2, 0.25) is 5.91 Å². The Morgan fingerprint density at radius 2 is 1.54 bits per heavy atom. The number of benzene rings is 2. The van der Waals surface area contributed by atoms with Crippen LogP contribution >= 0.6 is 12.2 Å². The highest BCUT2D eigenvalue weighted by atomic mass is 32.2. The first-order valence-corrected chi connectivity index (χ1v) is 10.3. The molecule has 0 radical (unpaired) electrons. The second-order valence-electron chi connectivity index (χ2n) is 6.37. The fraction of sp³-hybridized carbons (Fsp3) is 0.211. The Morgan fingerprint density at radius 3 is 2.04 bits per heavy atom. The van der Waals surface area contributed by atoms with Gasteiger partial charge in [-0.15, -0.1) is 0 Å². The number of hydrogen-bond acceptors (Lipinski definition) is 5. The van der Waals surface area contributed by atoms with Crippen molar-refractivity contribution >= 4 is 44.9 Å². The summed E-state index contributed by atoms with van der Waals surface area (Å²) in [5.74, 6) is -0.650. The summed E-state index contributed by atoms with van der Waals surface area (Å²) in [5, 5.41) is 5.46. The van der Waals surface area contributed by atoms with Crippen molar-refractivity contribution in [3.63, 3.8) is 0 Å². The fourth-order valence-electron chi connectivity index (χ4n) is 2.32. The molecule has 0 aliphatic carbocycles. The van der Waals surface area contributed by atoms with Gasteiger partial charge in [-0.2, -0.15) is 0 Å². The highest BCUT2D eigenvalue weighted by Gasteiger charge is 2.15. The Balaban J connectivity index is 1.99. The average molecular weight is 420 g/mol. The Hall–Kier alpha value is -2.78. The maximum absolute atomic E-state index is 12.3. The lowest BCUT2D eigenvalue weighted by molar-refractivity contribution is -0.117. The van der Waals surface area contributed by atoms with Gasteiger partial charge in [-0.25, -0.2) is 13.1 Å². The molecular formula is C19H21N3O4S2. The van der Waals surface area contributed by atoms with Gasteiger partial charge in [0.15, 0.2) is 5.11 Å². The normalized spacial score (nSPS) is 11.0. The van der Waals surface area contributed by atoms with Crippen LogP contribution in [0.4, 0.5) is 5.69 Å². The van der Waals surface area contributed by atoms with E-state index >= 15 is 0 Å². The smallest absolute Gasteiger partial charge is 0.264 e. The van der Waals surface area contributed by atoms with E-state index in [2.05, 4.69) is 24.5 Å². The molecular weight excluding hydrogens is 398 g/mol. The van der Waals surface area contributed by atoms with Crippen molar-refractivity contribution < 1.29 is 18.0 Å². The van der Waals surface area contributed by atoms with Gasteiger partial charge in [0.1, 0.15) is 0 Å². The second-order valence-corrected chi connectivity index (χ2v) is 8.46. The predicted octanol–water partition coefficient (Wildman–Crippen LogP) is 2.76. The van der Waals surface area contributed by atoms with E-state index < -0.39 is 15.9 Å². The molecule has 0 aliphatic heterocycles. The zero-order chi connectivity index (χ0) is 20.9. The second kappa shape index (κ2) is 8.94. The minimum Gasteiger partial charge on any atom is -0.332 e. The van der Waals surface area contributed by atoms with Crippen LogP contribution in [0.3, 0.4) is 0 Å². The zero-order valence-corrected chi connectivity index (χ0v) is 17.3. The molecule has 2 amide bonds. The van der Waals surface area contributed by atoms with Crippen LogP contribution in [0.5, 0.6) is 0 Å². The molecule has 0 heterocycles. The van der Waals surface area contributed by atoms with Crippen LogP contribution in [0.2, 0.25) is 0 Å². The van der Waals surface area contributed by atoms with E-state index in [0.29, 0.717) is 17.2 Å². The van der Waals surface area contributed by atoms with Crippen molar-refractivity contribution in [2.75, 3.05) is 5.32 Å². The van der Waals surface area contributed by atoms with E-state index in [9.17, 15) is 18.0 Å². The van der Waals surface area contributed by atoms with Crippen LogP contribution in [-0.4, -0.2) is 25.3 Å². The highest BCUT2D eigenvalue weighted by Crippen LogP contribution is 2.15. The summed E-state index contributed by atoms with van der Waals surface area (Å²) < 4.78 is 25.7. The maximum Gasteiger partial charge on any atom is 0.264 e. The molecule has 0 fully saturated rings. The monoisotopic (exact) mass is 419 g/mol. The number of rotatable bonds is 5. The molecule has 0 spiro atoms. The Labute approximate surface area is 169 Å². The van der Waals surface area contributed by atoms with Crippen molar-refractivity contribution in [1.29, 1.82) is 0 Å². The number of anilines is 1. The van der Waals surface area contributed by atoms with Crippen LogP contribution in [0.1, 0.15) is 42.6 Å². The van der Waals surface area contributed by atoms with E-state index in [1.807, 2.05) is 16.9 Å². The Morgan fingerprint density at radius 1 is 0.964 bits per heavy atom. The van der Waals surface area contributed by atoms with Gasteiger partial charge >= 0.3 is 0 Å². The molecule has 28 heavy (non-hydrogen) atoms. The topological polar surface area (TPSA) is 104 Å². The number of carbonyl (C=O) groups excluding carboxylic acids is 2. The van der Waals surface area contributed by atoms with E-state index in [-0.39, 0.29) is 15.9 Å². The number of thiocarbonyl (C=S) groups is 1. The quantitative estimate of drug-likeness (QED) is 0.644. The lowest BCUT2D eigenvalue weighted by Crippen LogP contribution is -2.34. The highest BCUT2D eigenvalue weighted by molar-refractivity contribution is 7.90. The standard InChI is InChI=1S/C19H21N3O4S2/c1-12(2)14-4-6-15(7-5-14)18(24)21-19(27)20-16-8-10-17(11-9-16)28(25,26)22-13(3)23/h4-12H,1-3H3,(H,22,23)(H2,20,21,24,27). The largest absolute Gasteiger partial charge is 0.332 e. The van der Waals surface area contributed by atoms with E-state index in [1.54, 1.807) is 12.1 Å². The van der Waals surface area contributed by atoms with Gasteiger partial charge < -0.3 is 5.32 Å². The number of carbonyl (C=O) groups is 2.